The van der Waals surface area contributed by atoms with E-state index in [1.807, 2.05) is 17.9 Å². The average molecular weight is 416 g/mol. The van der Waals surface area contributed by atoms with Gasteiger partial charge in [0, 0.05) is 43.9 Å². The van der Waals surface area contributed by atoms with E-state index in [2.05, 4.69) is 28.7 Å². The Morgan fingerprint density at radius 1 is 1.19 bits per heavy atom. The minimum absolute atomic E-state index is 0. The van der Waals surface area contributed by atoms with Crippen LogP contribution in [0.2, 0.25) is 0 Å². The number of carbonyl (C=O) groups excluding carboxylic acids is 1. The summed E-state index contributed by atoms with van der Waals surface area (Å²) in [6.45, 7) is 9.29. The molecule has 0 saturated carbocycles. The quantitative estimate of drug-likeness (QED) is 0.825. The van der Waals surface area contributed by atoms with E-state index in [1.54, 1.807) is 6.07 Å². The third kappa shape index (κ3) is 5.34. The number of piperazine rings is 1. The van der Waals surface area contributed by atoms with Crippen molar-refractivity contribution in [3.05, 3.63) is 41.2 Å². The highest BCUT2D eigenvalue weighted by atomic mass is 35.5. The molecule has 0 atom stereocenters. The van der Waals surface area contributed by atoms with Gasteiger partial charge in [-0.05, 0) is 13.0 Å². The van der Waals surface area contributed by atoms with Gasteiger partial charge in [-0.25, -0.2) is 9.97 Å². The molecule has 2 aromatic heterocycles. The maximum absolute atomic E-state index is 12.6. The van der Waals surface area contributed by atoms with E-state index in [4.69, 9.17) is 10.2 Å². The maximum atomic E-state index is 12.6. The molecule has 3 heterocycles. The van der Waals surface area contributed by atoms with Crippen LogP contribution in [0.1, 0.15) is 47.4 Å². The zero-order valence-electron chi connectivity index (χ0n) is 15.8. The lowest BCUT2D eigenvalue weighted by Gasteiger charge is -2.35. The van der Waals surface area contributed by atoms with E-state index in [9.17, 15) is 4.79 Å². The SMILES string of the molecule is Cc1cc(N2CCN(C(=O)c3coc(CN)c3)CC2)nc(C(C)C)n1.Cl.Cl. The van der Waals surface area contributed by atoms with Crippen molar-refractivity contribution in [2.45, 2.75) is 33.2 Å². The van der Waals surface area contributed by atoms with Crippen LogP contribution in [-0.4, -0.2) is 47.0 Å². The fraction of sp³-hybridized carbons (Fsp3) is 0.500. The van der Waals surface area contributed by atoms with Gasteiger partial charge >= 0.3 is 0 Å². The van der Waals surface area contributed by atoms with Crippen molar-refractivity contribution in [1.29, 1.82) is 0 Å². The third-order valence-corrected chi connectivity index (χ3v) is 4.37. The largest absolute Gasteiger partial charge is 0.467 e. The second-order valence-electron chi connectivity index (χ2n) is 6.67. The van der Waals surface area contributed by atoms with Gasteiger partial charge in [0.1, 0.15) is 23.7 Å². The van der Waals surface area contributed by atoms with Gasteiger partial charge in [0.05, 0.1) is 12.1 Å². The number of hydrogen-bond donors (Lipinski definition) is 1. The van der Waals surface area contributed by atoms with E-state index in [-0.39, 0.29) is 30.7 Å². The number of nitrogens with two attached hydrogens (primary N) is 1. The van der Waals surface area contributed by atoms with Crippen LogP contribution < -0.4 is 10.6 Å². The summed E-state index contributed by atoms with van der Waals surface area (Å²) in [4.78, 5) is 25.8. The monoisotopic (exact) mass is 415 g/mol. The van der Waals surface area contributed by atoms with Crippen LogP contribution in [0, 0.1) is 6.92 Å². The molecule has 3 rings (SSSR count). The normalized spacial score (nSPS) is 14.0. The third-order valence-electron chi connectivity index (χ3n) is 4.37. The predicted octanol–water partition coefficient (Wildman–Crippen LogP) is 2.77. The second kappa shape index (κ2) is 9.92. The predicted molar refractivity (Wildman–Crippen MR) is 110 cm³/mol. The molecular formula is C18H27Cl2N5O2. The fourth-order valence-corrected chi connectivity index (χ4v) is 2.92. The van der Waals surface area contributed by atoms with Gasteiger partial charge in [0.25, 0.3) is 5.91 Å². The molecule has 2 N–H and O–H groups in total. The Labute approximate surface area is 172 Å². The van der Waals surface area contributed by atoms with Gasteiger partial charge in [0.15, 0.2) is 0 Å². The molecule has 0 radical (unpaired) electrons. The van der Waals surface area contributed by atoms with E-state index in [0.29, 0.717) is 36.9 Å². The van der Waals surface area contributed by atoms with Gasteiger partial charge in [-0.3, -0.25) is 4.79 Å². The lowest BCUT2D eigenvalue weighted by Crippen LogP contribution is -2.49. The Bertz CT molecular complexity index is 758. The molecule has 1 aliphatic heterocycles. The zero-order chi connectivity index (χ0) is 18.0. The second-order valence-corrected chi connectivity index (χ2v) is 6.67. The highest BCUT2D eigenvalue weighted by Crippen LogP contribution is 2.19. The van der Waals surface area contributed by atoms with Crippen LogP contribution in [0.4, 0.5) is 5.82 Å². The summed E-state index contributed by atoms with van der Waals surface area (Å²) in [6.07, 6.45) is 1.49. The Morgan fingerprint density at radius 2 is 1.85 bits per heavy atom. The first kappa shape index (κ1) is 23.2. The number of rotatable bonds is 4. The van der Waals surface area contributed by atoms with Crippen molar-refractivity contribution >= 4 is 36.5 Å². The van der Waals surface area contributed by atoms with Crippen LogP contribution in [0.15, 0.2) is 22.8 Å². The number of hydrogen-bond acceptors (Lipinski definition) is 6. The molecule has 0 aromatic carbocycles. The highest BCUT2D eigenvalue weighted by Gasteiger charge is 2.24. The maximum Gasteiger partial charge on any atom is 0.257 e. The van der Waals surface area contributed by atoms with E-state index < -0.39 is 0 Å². The van der Waals surface area contributed by atoms with Crippen LogP contribution >= 0.6 is 24.8 Å². The van der Waals surface area contributed by atoms with E-state index in [1.165, 1.54) is 6.26 Å². The summed E-state index contributed by atoms with van der Waals surface area (Å²) in [7, 11) is 0. The highest BCUT2D eigenvalue weighted by molar-refractivity contribution is 5.94. The average Bonchev–Trinajstić information content (AvgIpc) is 3.10. The Kier molecular flexibility index (Phi) is 8.53. The molecule has 1 saturated heterocycles. The molecular weight excluding hydrogens is 389 g/mol. The summed E-state index contributed by atoms with van der Waals surface area (Å²) < 4.78 is 5.27. The van der Waals surface area contributed by atoms with Crippen LogP contribution in [-0.2, 0) is 6.54 Å². The van der Waals surface area contributed by atoms with Crippen molar-refractivity contribution in [3.63, 3.8) is 0 Å². The minimum atomic E-state index is -0.00941. The Balaban J connectivity index is 0.00000182. The van der Waals surface area contributed by atoms with Gasteiger partial charge in [-0.15, -0.1) is 24.8 Å². The summed E-state index contributed by atoms with van der Waals surface area (Å²) in [5.41, 5.74) is 7.07. The number of halogens is 2. The van der Waals surface area contributed by atoms with Crippen LogP contribution in [0.5, 0.6) is 0 Å². The number of nitrogens with zero attached hydrogens (tertiary/aromatic N) is 4. The van der Waals surface area contributed by atoms with Gasteiger partial charge in [-0.2, -0.15) is 0 Å². The molecule has 7 nitrogen and oxygen atoms in total. The molecule has 0 bridgehead atoms. The molecule has 9 heteroatoms. The zero-order valence-corrected chi connectivity index (χ0v) is 17.5. The van der Waals surface area contributed by atoms with Crippen molar-refractivity contribution in [2.24, 2.45) is 5.73 Å². The van der Waals surface area contributed by atoms with Gasteiger partial charge < -0.3 is 20.0 Å². The first-order chi connectivity index (χ1) is 12.0. The number of anilines is 1. The molecule has 1 amide bonds. The topological polar surface area (TPSA) is 88.5 Å². The summed E-state index contributed by atoms with van der Waals surface area (Å²) >= 11 is 0. The van der Waals surface area contributed by atoms with Crippen molar-refractivity contribution in [3.8, 4) is 0 Å². The van der Waals surface area contributed by atoms with Crippen LogP contribution in [0.25, 0.3) is 0 Å². The summed E-state index contributed by atoms with van der Waals surface area (Å²) in [6, 6.07) is 3.73. The van der Waals surface area contributed by atoms with Crippen molar-refractivity contribution in [2.75, 3.05) is 31.1 Å². The fourth-order valence-electron chi connectivity index (χ4n) is 2.92. The van der Waals surface area contributed by atoms with Crippen molar-refractivity contribution in [1.82, 2.24) is 14.9 Å². The number of aryl methyl sites for hydroxylation is 1. The number of amides is 1. The lowest BCUT2D eigenvalue weighted by molar-refractivity contribution is 0.0745. The number of carbonyl (C=O) groups is 1. The summed E-state index contributed by atoms with van der Waals surface area (Å²) in [5, 5.41) is 0. The molecule has 0 aliphatic carbocycles. The standard InChI is InChI=1S/C18H25N5O2.2ClH/c1-12(2)17-20-13(3)8-16(21-17)22-4-6-23(7-5-22)18(24)14-9-15(10-19)25-11-14;;/h8-9,11-12H,4-7,10,19H2,1-3H3;2*1H. The van der Waals surface area contributed by atoms with Crippen LogP contribution in [0.3, 0.4) is 0 Å². The lowest BCUT2D eigenvalue weighted by atomic mass is 10.2. The molecule has 1 fully saturated rings. The molecule has 0 unspecified atom stereocenters. The van der Waals surface area contributed by atoms with Crippen molar-refractivity contribution < 1.29 is 9.21 Å². The first-order valence-electron chi connectivity index (χ1n) is 8.65. The molecule has 1 aliphatic rings. The Hall–Kier alpha value is -1.83. The van der Waals surface area contributed by atoms with Gasteiger partial charge in [-0.1, -0.05) is 13.8 Å². The van der Waals surface area contributed by atoms with E-state index >= 15 is 0 Å². The molecule has 2 aromatic rings. The minimum Gasteiger partial charge on any atom is -0.467 e. The first-order valence-corrected chi connectivity index (χ1v) is 8.65. The molecule has 150 valence electrons. The summed E-state index contributed by atoms with van der Waals surface area (Å²) in [5.74, 6) is 2.71. The number of furan rings is 1. The Morgan fingerprint density at radius 3 is 2.41 bits per heavy atom. The van der Waals surface area contributed by atoms with Gasteiger partial charge in [0.2, 0.25) is 0 Å². The van der Waals surface area contributed by atoms with E-state index in [0.717, 1.165) is 30.4 Å². The smallest absolute Gasteiger partial charge is 0.257 e. The molecule has 27 heavy (non-hydrogen) atoms. The molecule has 0 spiro atoms. The number of aromatic nitrogens is 2.